The second-order valence-electron chi connectivity index (χ2n) is 7.60. The number of carbonyl (C=O) groups excluding carboxylic acids is 1. The summed E-state index contributed by atoms with van der Waals surface area (Å²) in [5.41, 5.74) is 8.43. The fourth-order valence-corrected chi connectivity index (χ4v) is 4.25. The number of hydrogen-bond donors (Lipinski definition) is 1. The predicted molar refractivity (Wildman–Crippen MR) is 106 cm³/mol. The van der Waals surface area contributed by atoms with E-state index in [1.54, 1.807) is 18.3 Å². The normalized spacial score (nSPS) is 20.5. The molecule has 0 saturated carbocycles. The van der Waals surface area contributed by atoms with E-state index in [2.05, 4.69) is 14.9 Å². The molecule has 2 aromatic rings. The molecular weight excluding hydrogens is 357 g/mol. The second kappa shape index (κ2) is 8.22. The van der Waals surface area contributed by atoms with Gasteiger partial charge in [0.1, 0.15) is 5.82 Å². The molecule has 0 spiro atoms. The number of nitrogens with zero attached hydrogens (tertiary/aromatic N) is 4. The van der Waals surface area contributed by atoms with E-state index in [0.29, 0.717) is 6.54 Å². The van der Waals surface area contributed by atoms with Crippen molar-refractivity contribution in [3.8, 4) is 11.1 Å². The average Bonchev–Trinajstić information content (AvgIpc) is 3.24. The lowest BCUT2D eigenvalue weighted by Gasteiger charge is -2.36. The topological polar surface area (TPSA) is 75.3 Å². The third kappa shape index (κ3) is 3.99. The first-order valence-electron chi connectivity index (χ1n) is 10.0. The van der Waals surface area contributed by atoms with Gasteiger partial charge in [-0.05, 0) is 49.9 Å². The number of benzene rings is 1. The molecule has 0 unspecified atom stereocenters. The Balaban J connectivity index is 1.64. The molecule has 7 heteroatoms. The van der Waals surface area contributed by atoms with Crippen LogP contribution in [-0.2, 0) is 4.79 Å². The molecule has 2 saturated heterocycles. The lowest BCUT2D eigenvalue weighted by Crippen LogP contribution is -2.43. The molecule has 3 heterocycles. The van der Waals surface area contributed by atoms with Crippen LogP contribution in [0.3, 0.4) is 0 Å². The third-order valence-corrected chi connectivity index (χ3v) is 5.72. The van der Waals surface area contributed by atoms with Gasteiger partial charge in [0, 0.05) is 24.8 Å². The van der Waals surface area contributed by atoms with Crippen molar-refractivity contribution in [1.82, 2.24) is 19.8 Å². The molecule has 1 aromatic carbocycles. The molecule has 1 amide bonds. The van der Waals surface area contributed by atoms with Crippen molar-refractivity contribution in [2.45, 2.75) is 38.1 Å². The Labute approximate surface area is 164 Å². The maximum atomic E-state index is 13.4. The predicted octanol–water partition coefficient (Wildman–Crippen LogP) is 3.01. The van der Waals surface area contributed by atoms with Crippen molar-refractivity contribution in [2.75, 3.05) is 31.9 Å². The summed E-state index contributed by atoms with van der Waals surface area (Å²) in [4.78, 5) is 25.6. The molecule has 1 aromatic heterocycles. The van der Waals surface area contributed by atoms with Crippen LogP contribution in [0.1, 0.15) is 43.8 Å². The zero-order chi connectivity index (χ0) is 19.5. The van der Waals surface area contributed by atoms with Crippen LogP contribution >= 0.6 is 0 Å². The number of aromatic nitrogens is 2. The number of piperidine rings is 1. The highest BCUT2D eigenvalue weighted by molar-refractivity contribution is 5.78. The van der Waals surface area contributed by atoms with Gasteiger partial charge < -0.3 is 10.6 Å². The average molecular weight is 383 g/mol. The van der Waals surface area contributed by atoms with Crippen LogP contribution in [0.2, 0.25) is 0 Å². The number of likely N-dealkylation sites (tertiary alicyclic amines) is 2. The number of hydrogen-bond acceptors (Lipinski definition) is 5. The number of nitrogen functional groups attached to an aromatic ring is 1. The van der Waals surface area contributed by atoms with Crippen molar-refractivity contribution >= 4 is 11.9 Å². The Kier molecular flexibility index (Phi) is 5.52. The monoisotopic (exact) mass is 383 g/mol. The van der Waals surface area contributed by atoms with E-state index in [1.807, 2.05) is 4.90 Å². The first kappa shape index (κ1) is 18.8. The maximum Gasteiger partial charge on any atom is 0.236 e. The molecule has 0 radical (unpaired) electrons. The number of rotatable bonds is 4. The third-order valence-electron chi connectivity index (χ3n) is 5.72. The van der Waals surface area contributed by atoms with E-state index in [1.165, 1.54) is 12.1 Å². The van der Waals surface area contributed by atoms with Gasteiger partial charge in [0.15, 0.2) is 0 Å². The molecule has 0 aliphatic carbocycles. The van der Waals surface area contributed by atoms with E-state index in [4.69, 9.17) is 5.73 Å². The molecular formula is C21H26FN5O. The van der Waals surface area contributed by atoms with Gasteiger partial charge in [0.05, 0.1) is 18.3 Å². The van der Waals surface area contributed by atoms with Crippen molar-refractivity contribution < 1.29 is 9.18 Å². The van der Waals surface area contributed by atoms with E-state index < -0.39 is 0 Å². The SMILES string of the molecule is Nc1ncc(-c2ccc(F)cc2)c([C@H]2CCCCN2CC(=O)N2CCCC2)n1. The second-order valence-corrected chi connectivity index (χ2v) is 7.60. The summed E-state index contributed by atoms with van der Waals surface area (Å²) in [5, 5.41) is 0. The first-order chi connectivity index (χ1) is 13.6. The van der Waals surface area contributed by atoms with Crippen molar-refractivity contribution in [1.29, 1.82) is 0 Å². The van der Waals surface area contributed by atoms with Crippen LogP contribution in [0.4, 0.5) is 10.3 Å². The molecule has 2 aliphatic rings. The lowest BCUT2D eigenvalue weighted by molar-refractivity contribution is -0.132. The highest BCUT2D eigenvalue weighted by atomic mass is 19.1. The minimum absolute atomic E-state index is 0.00524. The number of halogens is 1. The summed E-state index contributed by atoms with van der Waals surface area (Å²) in [6, 6.07) is 6.34. The van der Waals surface area contributed by atoms with Crippen molar-refractivity contribution in [3.05, 3.63) is 42.0 Å². The minimum atomic E-state index is -0.280. The highest BCUT2D eigenvalue weighted by Gasteiger charge is 2.31. The van der Waals surface area contributed by atoms with Crippen LogP contribution in [0.25, 0.3) is 11.1 Å². The molecule has 2 N–H and O–H groups in total. The number of amides is 1. The number of nitrogens with two attached hydrogens (primary N) is 1. The first-order valence-corrected chi connectivity index (χ1v) is 10.0. The Morgan fingerprint density at radius 1 is 1.11 bits per heavy atom. The number of anilines is 1. The van der Waals surface area contributed by atoms with Crippen molar-refractivity contribution in [3.63, 3.8) is 0 Å². The van der Waals surface area contributed by atoms with Gasteiger partial charge in [-0.15, -0.1) is 0 Å². The molecule has 28 heavy (non-hydrogen) atoms. The van der Waals surface area contributed by atoms with Gasteiger partial charge in [-0.2, -0.15) is 0 Å². The van der Waals surface area contributed by atoms with Gasteiger partial charge in [-0.1, -0.05) is 18.6 Å². The molecule has 148 valence electrons. The molecule has 6 nitrogen and oxygen atoms in total. The molecule has 4 rings (SSSR count). The van der Waals surface area contributed by atoms with Crippen LogP contribution in [-0.4, -0.2) is 51.9 Å². The summed E-state index contributed by atoms with van der Waals surface area (Å²) < 4.78 is 13.4. The zero-order valence-electron chi connectivity index (χ0n) is 16.0. The van der Waals surface area contributed by atoms with Crippen LogP contribution < -0.4 is 5.73 Å². The largest absolute Gasteiger partial charge is 0.368 e. The summed E-state index contributed by atoms with van der Waals surface area (Å²) in [6.45, 7) is 2.98. The number of carbonyl (C=O) groups is 1. The fraction of sp³-hybridized carbons (Fsp3) is 0.476. The van der Waals surface area contributed by atoms with Crippen LogP contribution in [0, 0.1) is 5.82 Å². The molecule has 0 bridgehead atoms. The van der Waals surface area contributed by atoms with Gasteiger partial charge in [0.25, 0.3) is 0 Å². The smallest absolute Gasteiger partial charge is 0.236 e. The minimum Gasteiger partial charge on any atom is -0.368 e. The maximum absolute atomic E-state index is 13.4. The fourth-order valence-electron chi connectivity index (χ4n) is 4.25. The lowest BCUT2D eigenvalue weighted by atomic mass is 9.93. The van der Waals surface area contributed by atoms with E-state index in [9.17, 15) is 9.18 Å². The Morgan fingerprint density at radius 3 is 2.57 bits per heavy atom. The molecule has 2 fully saturated rings. The van der Waals surface area contributed by atoms with Gasteiger partial charge in [-0.3, -0.25) is 9.69 Å². The van der Waals surface area contributed by atoms with Crippen LogP contribution in [0.5, 0.6) is 0 Å². The summed E-state index contributed by atoms with van der Waals surface area (Å²) in [7, 11) is 0. The quantitative estimate of drug-likeness (QED) is 0.878. The van der Waals surface area contributed by atoms with E-state index in [0.717, 1.165) is 68.6 Å². The molecule has 1 atom stereocenters. The van der Waals surface area contributed by atoms with E-state index in [-0.39, 0.29) is 23.7 Å². The summed E-state index contributed by atoms with van der Waals surface area (Å²) in [6.07, 6.45) is 6.94. The summed E-state index contributed by atoms with van der Waals surface area (Å²) >= 11 is 0. The van der Waals surface area contributed by atoms with Gasteiger partial charge in [-0.25, -0.2) is 14.4 Å². The highest BCUT2D eigenvalue weighted by Crippen LogP contribution is 2.36. The Bertz CT molecular complexity index is 835. The van der Waals surface area contributed by atoms with E-state index >= 15 is 0 Å². The Hall–Kier alpha value is -2.54. The molecule has 2 aliphatic heterocycles. The summed E-state index contributed by atoms with van der Waals surface area (Å²) in [5.74, 6) is 0.129. The van der Waals surface area contributed by atoms with Crippen LogP contribution in [0.15, 0.2) is 30.5 Å². The Morgan fingerprint density at radius 2 is 1.82 bits per heavy atom. The van der Waals surface area contributed by atoms with Gasteiger partial charge in [0.2, 0.25) is 11.9 Å². The zero-order valence-corrected chi connectivity index (χ0v) is 16.0. The standard InChI is InChI=1S/C21H26FN5O/c22-16-8-6-15(7-9-16)17-13-24-21(23)25-20(17)18-5-1-2-12-27(18)14-19(28)26-10-3-4-11-26/h6-9,13,18H,1-5,10-12,14H2,(H2,23,24,25)/t18-/m1/s1. The van der Waals surface area contributed by atoms with Gasteiger partial charge >= 0.3 is 0 Å². The van der Waals surface area contributed by atoms with Crippen molar-refractivity contribution in [2.24, 2.45) is 0 Å².